The number of carbonyl (C=O) groups excluding carboxylic acids is 1. The second-order valence-corrected chi connectivity index (χ2v) is 11.8. The van der Waals surface area contributed by atoms with Crippen molar-refractivity contribution in [2.45, 2.75) is 63.3 Å². The molecule has 1 aliphatic carbocycles. The van der Waals surface area contributed by atoms with Crippen molar-refractivity contribution >= 4 is 44.5 Å². The van der Waals surface area contributed by atoms with Gasteiger partial charge in [0.2, 0.25) is 0 Å². The van der Waals surface area contributed by atoms with Crippen molar-refractivity contribution in [2.24, 2.45) is 10.7 Å². The summed E-state index contributed by atoms with van der Waals surface area (Å²) >= 11 is 7.46. The van der Waals surface area contributed by atoms with Crippen molar-refractivity contribution in [1.29, 1.82) is 0 Å². The first-order chi connectivity index (χ1) is 15.7. The Morgan fingerprint density at radius 2 is 1.97 bits per heavy atom. The topological polar surface area (TPSA) is 102 Å². The van der Waals surface area contributed by atoms with E-state index in [0.717, 1.165) is 30.6 Å². The Bertz CT molecular complexity index is 1140. The largest absolute Gasteiger partial charge is 0.386 e. The van der Waals surface area contributed by atoms with E-state index in [4.69, 9.17) is 17.3 Å². The van der Waals surface area contributed by atoms with Crippen LogP contribution < -0.4 is 11.1 Å². The molecule has 0 radical (unpaired) electrons. The minimum atomic E-state index is -3.51. The molecule has 0 bridgehead atoms. The molecule has 1 aromatic carbocycles. The number of benzene rings is 1. The highest BCUT2D eigenvalue weighted by Gasteiger charge is 2.51. The SMILES string of the molecule is CC.NC1=N[C@H](c2sc(C(=O)NCc3cccc(F)c3)cc2Cl)CS(=O)(=O)C12CCCCC2. The third kappa shape index (κ3) is 5.25. The van der Waals surface area contributed by atoms with Crippen LogP contribution in [-0.2, 0) is 16.4 Å². The van der Waals surface area contributed by atoms with Crippen molar-refractivity contribution in [1.82, 2.24) is 5.32 Å². The smallest absolute Gasteiger partial charge is 0.261 e. The molecule has 0 unspecified atom stereocenters. The van der Waals surface area contributed by atoms with Crippen LogP contribution in [0.4, 0.5) is 4.39 Å². The number of hydrogen-bond donors (Lipinski definition) is 2. The lowest BCUT2D eigenvalue weighted by Gasteiger charge is -2.40. The predicted molar refractivity (Wildman–Crippen MR) is 132 cm³/mol. The molecular formula is C23H29ClFN3O3S2. The number of sulfone groups is 1. The normalized spacial score (nSPS) is 21.0. The van der Waals surface area contributed by atoms with Crippen LogP contribution in [0.15, 0.2) is 35.3 Å². The minimum absolute atomic E-state index is 0.157. The van der Waals surface area contributed by atoms with E-state index < -0.39 is 20.6 Å². The van der Waals surface area contributed by atoms with E-state index in [1.165, 1.54) is 18.2 Å². The first-order valence-electron chi connectivity index (χ1n) is 11.1. The van der Waals surface area contributed by atoms with Crippen LogP contribution in [0.2, 0.25) is 5.02 Å². The Morgan fingerprint density at radius 1 is 1.27 bits per heavy atom. The summed E-state index contributed by atoms with van der Waals surface area (Å²) in [5.41, 5.74) is 6.84. The second-order valence-electron chi connectivity index (χ2n) is 8.00. The zero-order valence-corrected chi connectivity index (χ0v) is 21.1. The summed E-state index contributed by atoms with van der Waals surface area (Å²) < 4.78 is 38.6. The third-order valence-corrected chi connectivity index (χ3v) is 10.2. The standard InChI is InChI=1S/C21H23ClFN3O3S2.C2H6/c22-15-10-17(19(27)25-11-13-5-4-6-14(23)9-13)30-18(15)16-12-31(28,29)21(20(24)26-16)7-2-1-3-8-21;1-2/h4-6,9-10,16H,1-3,7-8,11-12H2,(H2,24,26)(H,25,27);1-2H3/t16-;/m0./s1. The van der Waals surface area contributed by atoms with Gasteiger partial charge in [0.15, 0.2) is 9.84 Å². The molecule has 2 aliphatic rings. The predicted octanol–water partition coefficient (Wildman–Crippen LogP) is 5.03. The molecule has 33 heavy (non-hydrogen) atoms. The highest BCUT2D eigenvalue weighted by Crippen LogP contribution is 2.44. The lowest BCUT2D eigenvalue weighted by atomic mass is 9.87. The van der Waals surface area contributed by atoms with Crippen molar-refractivity contribution in [3.05, 3.63) is 56.5 Å². The van der Waals surface area contributed by atoms with Gasteiger partial charge < -0.3 is 11.1 Å². The minimum Gasteiger partial charge on any atom is -0.386 e. The molecular weight excluding hydrogens is 485 g/mol. The summed E-state index contributed by atoms with van der Waals surface area (Å²) in [6.45, 7) is 4.16. The fourth-order valence-electron chi connectivity index (χ4n) is 4.31. The Morgan fingerprint density at radius 3 is 2.61 bits per heavy atom. The average molecular weight is 514 g/mol. The van der Waals surface area contributed by atoms with Crippen LogP contribution >= 0.6 is 22.9 Å². The number of thiophene rings is 1. The van der Waals surface area contributed by atoms with Gasteiger partial charge in [0, 0.05) is 11.4 Å². The molecule has 1 aromatic heterocycles. The molecule has 2 aromatic rings. The maximum absolute atomic E-state index is 13.3. The van der Waals surface area contributed by atoms with Gasteiger partial charge in [0.25, 0.3) is 5.91 Å². The number of amides is 1. The first-order valence-corrected chi connectivity index (χ1v) is 13.9. The maximum Gasteiger partial charge on any atom is 0.261 e. The molecule has 1 saturated carbocycles. The van der Waals surface area contributed by atoms with Crippen molar-refractivity contribution in [3.63, 3.8) is 0 Å². The van der Waals surface area contributed by atoms with Gasteiger partial charge >= 0.3 is 0 Å². The summed E-state index contributed by atoms with van der Waals surface area (Å²) in [6, 6.07) is 6.74. The maximum atomic E-state index is 13.3. The molecule has 6 nitrogen and oxygen atoms in total. The molecule has 3 N–H and O–H groups in total. The molecule has 1 amide bonds. The van der Waals surface area contributed by atoms with Crippen LogP contribution in [0.1, 0.15) is 72.1 Å². The van der Waals surface area contributed by atoms with Gasteiger partial charge in [-0.3, -0.25) is 9.79 Å². The third-order valence-electron chi connectivity index (χ3n) is 5.98. The molecule has 1 spiro atoms. The lowest BCUT2D eigenvalue weighted by molar-refractivity contribution is 0.0955. The molecule has 1 atom stereocenters. The van der Waals surface area contributed by atoms with Crippen LogP contribution in [-0.4, -0.2) is 30.7 Å². The van der Waals surface area contributed by atoms with Crippen LogP contribution in [0, 0.1) is 5.82 Å². The van der Waals surface area contributed by atoms with Gasteiger partial charge in [-0.2, -0.15) is 0 Å². The van der Waals surface area contributed by atoms with E-state index in [9.17, 15) is 17.6 Å². The van der Waals surface area contributed by atoms with E-state index in [-0.39, 0.29) is 34.9 Å². The van der Waals surface area contributed by atoms with Crippen molar-refractivity contribution in [2.75, 3.05) is 5.75 Å². The number of rotatable bonds is 4. The van der Waals surface area contributed by atoms with Gasteiger partial charge in [0.05, 0.1) is 15.7 Å². The number of hydrogen-bond acceptors (Lipinski definition) is 6. The Hall–Kier alpha value is -1.97. The number of halogens is 2. The summed E-state index contributed by atoms with van der Waals surface area (Å²) in [4.78, 5) is 17.9. The quantitative estimate of drug-likeness (QED) is 0.598. The van der Waals surface area contributed by atoms with Gasteiger partial charge in [-0.1, -0.05) is 56.8 Å². The summed E-state index contributed by atoms with van der Waals surface area (Å²) in [5.74, 6) is -0.761. The number of carbonyl (C=O) groups is 1. The lowest BCUT2D eigenvalue weighted by Crippen LogP contribution is -2.55. The van der Waals surface area contributed by atoms with Crippen LogP contribution in [0.5, 0.6) is 0 Å². The van der Waals surface area contributed by atoms with Crippen molar-refractivity contribution in [3.8, 4) is 0 Å². The Labute approximate surface area is 203 Å². The number of amidine groups is 1. The Kier molecular flexibility index (Phi) is 8.18. The van der Waals surface area contributed by atoms with E-state index in [2.05, 4.69) is 10.3 Å². The molecule has 2 heterocycles. The van der Waals surface area contributed by atoms with Gasteiger partial charge in [-0.15, -0.1) is 11.3 Å². The molecule has 4 rings (SSSR count). The monoisotopic (exact) mass is 513 g/mol. The second kappa shape index (κ2) is 10.5. The van der Waals surface area contributed by atoms with E-state index in [0.29, 0.717) is 28.2 Å². The number of nitrogens with two attached hydrogens (primary N) is 1. The highest BCUT2D eigenvalue weighted by atomic mass is 35.5. The number of nitrogens with one attached hydrogen (secondary N) is 1. The summed E-state index contributed by atoms with van der Waals surface area (Å²) in [6.07, 6.45) is 3.64. The van der Waals surface area contributed by atoms with E-state index >= 15 is 0 Å². The molecule has 10 heteroatoms. The fraction of sp³-hybridized carbons (Fsp3) is 0.478. The molecule has 1 aliphatic heterocycles. The number of aliphatic imine (C=N–C) groups is 1. The van der Waals surface area contributed by atoms with E-state index in [1.807, 2.05) is 13.8 Å². The fourth-order valence-corrected chi connectivity index (χ4v) is 8.10. The summed E-state index contributed by atoms with van der Waals surface area (Å²) in [7, 11) is -3.51. The molecule has 180 valence electrons. The van der Waals surface area contributed by atoms with Gasteiger partial charge in [0.1, 0.15) is 22.4 Å². The number of nitrogens with zero attached hydrogens (tertiary/aromatic N) is 1. The zero-order valence-electron chi connectivity index (χ0n) is 18.7. The van der Waals surface area contributed by atoms with Gasteiger partial charge in [-0.05, 0) is 36.6 Å². The molecule has 1 fully saturated rings. The molecule has 0 saturated heterocycles. The first kappa shape index (κ1) is 25.6. The summed E-state index contributed by atoms with van der Waals surface area (Å²) in [5, 5.41) is 3.01. The Balaban J connectivity index is 0.00000149. The van der Waals surface area contributed by atoms with E-state index in [1.54, 1.807) is 12.1 Å². The highest BCUT2D eigenvalue weighted by molar-refractivity contribution is 7.93. The van der Waals surface area contributed by atoms with Gasteiger partial charge in [-0.25, -0.2) is 12.8 Å². The van der Waals surface area contributed by atoms with Crippen LogP contribution in [0.25, 0.3) is 0 Å². The average Bonchev–Trinajstić information content (AvgIpc) is 3.19. The van der Waals surface area contributed by atoms with Crippen molar-refractivity contribution < 1.29 is 17.6 Å². The zero-order chi connectivity index (χ0) is 24.2. The van der Waals surface area contributed by atoms with Crippen LogP contribution in [0.3, 0.4) is 0 Å².